The van der Waals surface area contributed by atoms with Gasteiger partial charge < -0.3 is 5.73 Å². The van der Waals surface area contributed by atoms with Crippen LogP contribution < -0.4 is 5.73 Å². The first-order chi connectivity index (χ1) is 7.01. The lowest BCUT2D eigenvalue weighted by Crippen LogP contribution is -2.53. The minimum atomic E-state index is -2.57. The maximum atomic E-state index is 12.9. The molecule has 0 aliphatic heterocycles. The molecule has 1 aromatic heterocycles. The molecule has 15 heavy (non-hydrogen) atoms. The van der Waals surface area contributed by atoms with E-state index in [4.69, 9.17) is 5.73 Å². The molecule has 0 unspecified atom stereocenters. The second-order valence-corrected chi connectivity index (χ2v) is 4.09. The van der Waals surface area contributed by atoms with Gasteiger partial charge in [0.05, 0.1) is 6.20 Å². The van der Waals surface area contributed by atoms with Gasteiger partial charge in [-0.1, -0.05) is 6.58 Å². The molecule has 0 spiro atoms. The van der Waals surface area contributed by atoms with Crippen LogP contribution >= 0.6 is 0 Å². The first-order valence-electron chi connectivity index (χ1n) is 4.76. The van der Waals surface area contributed by atoms with Crippen LogP contribution in [0.3, 0.4) is 0 Å². The molecule has 1 heterocycles. The zero-order valence-corrected chi connectivity index (χ0v) is 8.29. The topological polar surface area (TPSA) is 43.8 Å². The van der Waals surface area contributed by atoms with Crippen LogP contribution in [-0.4, -0.2) is 22.2 Å². The van der Waals surface area contributed by atoms with E-state index >= 15 is 0 Å². The molecular formula is C10H13F2N3. The molecule has 0 saturated heterocycles. The van der Waals surface area contributed by atoms with Gasteiger partial charge in [-0.15, -0.1) is 0 Å². The second-order valence-electron chi connectivity index (χ2n) is 4.09. The minimum absolute atomic E-state index is 0.181. The monoisotopic (exact) mass is 213 g/mol. The number of aromatic nitrogens is 2. The van der Waals surface area contributed by atoms with Gasteiger partial charge in [0.15, 0.2) is 0 Å². The van der Waals surface area contributed by atoms with Crippen LogP contribution in [0.15, 0.2) is 19.0 Å². The van der Waals surface area contributed by atoms with Crippen LogP contribution in [-0.2, 0) is 5.41 Å². The van der Waals surface area contributed by atoms with Crippen molar-refractivity contribution in [3.63, 3.8) is 0 Å². The molecule has 82 valence electrons. The molecule has 0 aromatic carbocycles. The van der Waals surface area contributed by atoms with Gasteiger partial charge in [-0.3, -0.25) is 0 Å². The van der Waals surface area contributed by atoms with E-state index in [2.05, 4.69) is 11.7 Å². The number of hydrogen-bond acceptors (Lipinski definition) is 2. The molecule has 2 N–H and O–H groups in total. The van der Waals surface area contributed by atoms with E-state index in [0.29, 0.717) is 0 Å². The van der Waals surface area contributed by atoms with Crippen LogP contribution in [0, 0.1) is 0 Å². The van der Waals surface area contributed by atoms with E-state index in [-0.39, 0.29) is 19.4 Å². The molecule has 3 nitrogen and oxygen atoms in total. The lowest BCUT2D eigenvalue weighted by molar-refractivity contribution is -0.123. The van der Waals surface area contributed by atoms with E-state index < -0.39 is 11.3 Å². The summed E-state index contributed by atoms with van der Waals surface area (Å²) in [6.07, 6.45) is 4.45. The normalized spacial score (nSPS) is 22.1. The van der Waals surface area contributed by atoms with Crippen LogP contribution in [0.1, 0.15) is 18.4 Å². The first-order valence-corrected chi connectivity index (χ1v) is 4.76. The van der Waals surface area contributed by atoms with Crippen LogP contribution in [0.2, 0.25) is 0 Å². The van der Waals surface area contributed by atoms with Crippen LogP contribution in [0.5, 0.6) is 0 Å². The van der Waals surface area contributed by atoms with Crippen molar-refractivity contribution in [2.45, 2.75) is 24.2 Å². The SMILES string of the molecule is C=Cn1cc(C2(CN)CC(F)(F)C2)cn1. The molecule has 0 amide bonds. The minimum Gasteiger partial charge on any atom is -0.330 e. The van der Waals surface area contributed by atoms with Crippen molar-refractivity contribution in [3.05, 3.63) is 24.5 Å². The highest BCUT2D eigenvalue weighted by molar-refractivity contribution is 5.30. The average Bonchev–Trinajstić information content (AvgIpc) is 2.61. The summed E-state index contributed by atoms with van der Waals surface area (Å²) >= 11 is 0. The van der Waals surface area contributed by atoms with E-state index in [1.54, 1.807) is 12.4 Å². The van der Waals surface area contributed by atoms with Crippen molar-refractivity contribution in [2.75, 3.05) is 6.54 Å². The standard InChI is InChI=1S/C10H13F2N3/c1-2-15-4-8(3-14-15)9(7-13)5-10(11,12)6-9/h2-4H,1,5-7,13H2. The summed E-state index contributed by atoms with van der Waals surface area (Å²) in [5.74, 6) is -2.57. The van der Waals surface area contributed by atoms with Crippen molar-refractivity contribution in [3.8, 4) is 0 Å². The number of hydrogen-bond donors (Lipinski definition) is 1. The van der Waals surface area contributed by atoms with Gasteiger partial charge in [0.2, 0.25) is 5.92 Å². The fraction of sp³-hybridized carbons (Fsp3) is 0.500. The summed E-state index contributed by atoms with van der Waals surface area (Å²) in [5, 5.41) is 3.98. The summed E-state index contributed by atoms with van der Waals surface area (Å²) in [5.41, 5.74) is 5.76. The van der Waals surface area contributed by atoms with Crippen molar-refractivity contribution in [1.29, 1.82) is 0 Å². The largest absolute Gasteiger partial charge is 0.330 e. The maximum Gasteiger partial charge on any atom is 0.250 e. The molecule has 1 aliphatic rings. The zero-order valence-electron chi connectivity index (χ0n) is 8.29. The maximum absolute atomic E-state index is 12.9. The predicted molar refractivity (Wildman–Crippen MR) is 53.5 cm³/mol. The Labute approximate surface area is 86.6 Å². The van der Waals surface area contributed by atoms with E-state index in [1.807, 2.05) is 0 Å². The lowest BCUT2D eigenvalue weighted by Gasteiger charge is -2.46. The number of nitrogens with two attached hydrogens (primary N) is 1. The van der Waals surface area contributed by atoms with Crippen molar-refractivity contribution < 1.29 is 8.78 Å². The van der Waals surface area contributed by atoms with Crippen LogP contribution in [0.25, 0.3) is 6.20 Å². The average molecular weight is 213 g/mol. The molecule has 1 fully saturated rings. The highest BCUT2D eigenvalue weighted by Gasteiger charge is 2.56. The Balaban J connectivity index is 2.25. The van der Waals surface area contributed by atoms with Crippen molar-refractivity contribution >= 4 is 6.20 Å². The summed E-state index contributed by atoms with van der Waals surface area (Å²) < 4.78 is 27.3. The molecule has 1 aliphatic carbocycles. The Morgan fingerprint density at radius 2 is 2.27 bits per heavy atom. The van der Waals surface area contributed by atoms with E-state index in [0.717, 1.165) is 5.56 Å². The molecule has 0 radical (unpaired) electrons. The third-order valence-electron chi connectivity index (χ3n) is 2.99. The number of alkyl halides is 2. The highest BCUT2D eigenvalue weighted by atomic mass is 19.3. The lowest BCUT2D eigenvalue weighted by atomic mass is 9.63. The Hall–Kier alpha value is -1.23. The second kappa shape index (κ2) is 3.13. The Morgan fingerprint density at radius 1 is 1.60 bits per heavy atom. The number of halogens is 2. The Morgan fingerprint density at radius 3 is 2.67 bits per heavy atom. The summed E-state index contributed by atoms with van der Waals surface area (Å²) in [6.45, 7) is 3.77. The molecule has 1 saturated carbocycles. The molecule has 0 bridgehead atoms. The van der Waals surface area contributed by atoms with Gasteiger partial charge in [0.1, 0.15) is 0 Å². The van der Waals surface area contributed by atoms with Crippen LogP contribution in [0.4, 0.5) is 8.78 Å². The fourth-order valence-corrected chi connectivity index (χ4v) is 2.12. The van der Waals surface area contributed by atoms with Gasteiger partial charge in [-0.05, 0) is 5.56 Å². The molecular weight excluding hydrogens is 200 g/mol. The van der Waals surface area contributed by atoms with E-state index in [1.165, 1.54) is 10.9 Å². The molecule has 0 atom stereocenters. The van der Waals surface area contributed by atoms with Gasteiger partial charge >= 0.3 is 0 Å². The summed E-state index contributed by atoms with van der Waals surface area (Å²) in [7, 11) is 0. The molecule has 1 aromatic rings. The zero-order chi connectivity index (χ0) is 11.1. The van der Waals surface area contributed by atoms with E-state index in [9.17, 15) is 8.78 Å². The summed E-state index contributed by atoms with van der Waals surface area (Å²) in [6, 6.07) is 0. The highest BCUT2D eigenvalue weighted by Crippen LogP contribution is 2.52. The predicted octanol–water partition coefficient (Wildman–Crippen LogP) is 1.61. The first kappa shape index (κ1) is 10.3. The molecule has 2 rings (SSSR count). The third-order valence-corrected chi connectivity index (χ3v) is 2.99. The van der Waals surface area contributed by atoms with Crippen molar-refractivity contribution in [2.24, 2.45) is 5.73 Å². The van der Waals surface area contributed by atoms with Gasteiger partial charge in [-0.2, -0.15) is 5.10 Å². The Kier molecular flexibility index (Phi) is 2.15. The number of nitrogens with zero attached hydrogens (tertiary/aromatic N) is 2. The van der Waals surface area contributed by atoms with Gasteiger partial charge in [0.25, 0.3) is 0 Å². The fourth-order valence-electron chi connectivity index (χ4n) is 2.12. The smallest absolute Gasteiger partial charge is 0.250 e. The third kappa shape index (κ3) is 1.56. The Bertz CT molecular complexity index is 376. The van der Waals surface area contributed by atoms with Gasteiger partial charge in [-0.25, -0.2) is 13.5 Å². The quantitative estimate of drug-likeness (QED) is 0.829. The summed E-state index contributed by atoms with van der Waals surface area (Å²) in [4.78, 5) is 0. The molecule has 5 heteroatoms. The number of rotatable bonds is 3. The van der Waals surface area contributed by atoms with Crippen molar-refractivity contribution in [1.82, 2.24) is 9.78 Å². The van der Waals surface area contributed by atoms with Gasteiger partial charge in [0, 0.05) is 37.2 Å².